The molecule has 1 aromatic carbocycles. The van der Waals surface area contributed by atoms with Crippen molar-refractivity contribution in [3.63, 3.8) is 0 Å². The fraction of sp³-hybridized carbons (Fsp3) is 0.367. The van der Waals surface area contributed by atoms with E-state index in [1.165, 1.54) is 12.3 Å². The minimum absolute atomic E-state index is 0.0310. The predicted molar refractivity (Wildman–Crippen MR) is 160 cm³/mol. The first kappa shape index (κ1) is 30.3. The van der Waals surface area contributed by atoms with E-state index in [1.54, 1.807) is 24.3 Å². The van der Waals surface area contributed by atoms with Crippen LogP contribution in [0.1, 0.15) is 23.6 Å². The van der Waals surface area contributed by atoms with Crippen LogP contribution in [0.4, 0.5) is 23.4 Å². The number of anilines is 1. The molecule has 0 radical (unpaired) electrons. The Morgan fingerprint density at radius 2 is 1.87 bits per heavy atom. The smallest absolute Gasteiger partial charge is 0.451 e. The second-order valence-electron chi connectivity index (χ2n) is 11.1. The van der Waals surface area contributed by atoms with Crippen molar-refractivity contribution >= 4 is 28.6 Å². The molecule has 4 aromatic heterocycles. The zero-order chi connectivity index (χ0) is 31.8. The SMILES string of the molecule is Fc1cc(Cl)ccc1COc1cccc(N2CCN(Cc3nc4cc(-c5n[nH]c(C(F)(F)F)n5)cnc4n3CC3CCO3)CC2)n1. The first-order valence-electron chi connectivity index (χ1n) is 14.7. The highest BCUT2D eigenvalue weighted by Crippen LogP contribution is 2.29. The van der Waals surface area contributed by atoms with E-state index < -0.39 is 17.8 Å². The number of benzene rings is 1. The third kappa shape index (κ3) is 6.48. The standard InChI is InChI=1S/C30H28ClF4N9O2/c31-20-5-4-18(22(32)13-20)17-46-26-3-1-2-24(38-26)43-9-7-42(8-10-43)16-25-37-23-12-19(27-39-29(41-40-27)30(33,34)35)14-36-28(23)44(25)15-21-6-11-45-21/h1-5,12-14,21H,6-11,15-17H2,(H,39,40,41). The van der Waals surface area contributed by atoms with Gasteiger partial charge in [-0.1, -0.05) is 23.7 Å². The molecular weight excluding hydrogens is 630 g/mol. The Morgan fingerprint density at radius 1 is 1.04 bits per heavy atom. The molecule has 2 fully saturated rings. The first-order chi connectivity index (χ1) is 22.2. The van der Waals surface area contributed by atoms with Gasteiger partial charge in [0, 0.05) is 61.2 Å². The third-order valence-corrected chi connectivity index (χ3v) is 8.25. The summed E-state index contributed by atoms with van der Waals surface area (Å²) < 4.78 is 66.8. The maximum absolute atomic E-state index is 14.2. The lowest BCUT2D eigenvalue weighted by atomic mass is 10.2. The normalized spacial score (nSPS) is 17.4. The Labute approximate surface area is 265 Å². The summed E-state index contributed by atoms with van der Waals surface area (Å²) in [5, 5.41) is 5.99. The number of aromatic amines is 1. The van der Waals surface area contributed by atoms with Crippen LogP contribution in [0, 0.1) is 5.82 Å². The van der Waals surface area contributed by atoms with Gasteiger partial charge in [0.2, 0.25) is 11.7 Å². The summed E-state index contributed by atoms with van der Waals surface area (Å²) >= 11 is 5.84. The van der Waals surface area contributed by atoms with Crippen molar-refractivity contribution in [1.82, 2.24) is 39.6 Å². The van der Waals surface area contributed by atoms with E-state index in [2.05, 4.69) is 29.9 Å². The number of imidazole rings is 1. The third-order valence-electron chi connectivity index (χ3n) is 8.02. The summed E-state index contributed by atoms with van der Waals surface area (Å²) in [7, 11) is 0. The van der Waals surface area contributed by atoms with E-state index in [0.29, 0.717) is 66.0 Å². The topological polar surface area (TPSA) is 110 Å². The number of fused-ring (bicyclic) bond motifs is 1. The molecule has 0 spiro atoms. The number of alkyl halides is 3. The van der Waals surface area contributed by atoms with E-state index >= 15 is 0 Å². The van der Waals surface area contributed by atoms with Gasteiger partial charge in [0.25, 0.3) is 0 Å². The van der Waals surface area contributed by atoms with Gasteiger partial charge in [-0.15, -0.1) is 0 Å². The first-order valence-corrected chi connectivity index (χ1v) is 15.1. The van der Waals surface area contributed by atoms with Gasteiger partial charge in [0.05, 0.1) is 19.2 Å². The van der Waals surface area contributed by atoms with Crippen molar-refractivity contribution in [2.45, 2.75) is 38.4 Å². The van der Waals surface area contributed by atoms with Crippen LogP contribution < -0.4 is 9.64 Å². The van der Waals surface area contributed by atoms with Crippen LogP contribution in [0.15, 0.2) is 48.7 Å². The quantitative estimate of drug-likeness (QED) is 0.216. The number of nitrogens with zero attached hydrogens (tertiary/aromatic N) is 8. The molecule has 0 amide bonds. The van der Waals surface area contributed by atoms with Crippen molar-refractivity contribution in [2.24, 2.45) is 0 Å². The Bertz CT molecular complexity index is 1850. The molecule has 240 valence electrons. The van der Waals surface area contributed by atoms with Gasteiger partial charge in [-0.25, -0.2) is 19.3 Å². The number of pyridine rings is 2. The number of halogens is 5. The van der Waals surface area contributed by atoms with Crippen LogP contribution in [0.25, 0.3) is 22.6 Å². The van der Waals surface area contributed by atoms with E-state index in [-0.39, 0.29) is 18.5 Å². The molecule has 0 bridgehead atoms. The average molecular weight is 658 g/mol. The molecule has 6 heterocycles. The summed E-state index contributed by atoms with van der Waals surface area (Å²) in [4.78, 5) is 22.1. The van der Waals surface area contributed by atoms with Gasteiger partial charge >= 0.3 is 6.18 Å². The molecule has 7 rings (SSSR count). The summed E-state index contributed by atoms with van der Waals surface area (Å²) in [5.74, 6) is 0.249. The van der Waals surface area contributed by atoms with Crippen molar-refractivity contribution in [3.05, 3.63) is 76.7 Å². The second kappa shape index (κ2) is 12.5. The number of rotatable bonds is 9. The minimum atomic E-state index is -4.63. The fourth-order valence-corrected chi connectivity index (χ4v) is 5.59. The monoisotopic (exact) mass is 657 g/mol. The maximum atomic E-state index is 14.2. The molecule has 5 aromatic rings. The lowest BCUT2D eigenvalue weighted by Crippen LogP contribution is -2.46. The van der Waals surface area contributed by atoms with E-state index in [9.17, 15) is 17.6 Å². The molecule has 0 aliphatic carbocycles. The number of hydrogen-bond donors (Lipinski definition) is 1. The Morgan fingerprint density at radius 3 is 2.59 bits per heavy atom. The van der Waals surface area contributed by atoms with Gasteiger partial charge in [-0.05, 0) is 30.7 Å². The highest BCUT2D eigenvalue weighted by molar-refractivity contribution is 6.30. The van der Waals surface area contributed by atoms with Crippen LogP contribution in [0.5, 0.6) is 5.88 Å². The summed E-state index contributed by atoms with van der Waals surface area (Å²) in [5.41, 5.74) is 1.89. The van der Waals surface area contributed by atoms with Crippen LogP contribution in [-0.4, -0.2) is 78.5 Å². The number of piperazine rings is 1. The second-order valence-corrected chi connectivity index (χ2v) is 11.6. The molecule has 0 saturated carbocycles. The van der Waals surface area contributed by atoms with E-state index in [1.807, 2.05) is 21.8 Å². The van der Waals surface area contributed by atoms with Crippen molar-refractivity contribution in [3.8, 4) is 17.3 Å². The van der Waals surface area contributed by atoms with Gasteiger partial charge < -0.3 is 18.9 Å². The maximum Gasteiger partial charge on any atom is 0.451 e. The largest absolute Gasteiger partial charge is 0.473 e. The molecule has 1 N–H and O–H groups in total. The van der Waals surface area contributed by atoms with Crippen LogP contribution in [0.2, 0.25) is 5.02 Å². The number of aromatic nitrogens is 7. The molecule has 2 aliphatic rings. The zero-order valence-electron chi connectivity index (χ0n) is 24.3. The van der Waals surface area contributed by atoms with E-state index in [4.69, 9.17) is 26.1 Å². The zero-order valence-corrected chi connectivity index (χ0v) is 25.1. The molecule has 2 aliphatic heterocycles. The number of nitrogens with one attached hydrogen (secondary N) is 1. The highest BCUT2D eigenvalue weighted by Gasteiger charge is 2.35. The van der Waals surface area contributed by atoms with E-state index in [0.717, 1.165) is 31.2 Å². The van der Waals surface area contributed by atoms with Gasteiger partial charge in [0.1, 0.15) is 29.6 Å². The van der Waals surface area contributed by atoms with Crippen molar-refractivity contribution in [1.29, 1.82) is 0 Å². The van der Waals surface area contributed by atoms with Gasteiger partial charge in [-0.3, -0.25) is 10.00 Å². The lowest BCUT2D eigenvalue weighted by Gasteiger charge is -2.35. The van der Waals surface area contributed by atoms with Crippen LogP contribution >= 0.6 is 11.6 Å². The Balaban J connectivity index is 1.03. The number of H-pyrrole nitrogens is 1. The molecule has 46 heavy (non-hydrogen) atoms. The number of hydrogen-bond acceptors (Lipinski definition) is 9. The average Bonchev–Trinajstić information content (AvgIpc) is 3.64. The molecule has 11 nitrogen and oxygen atoms in total. The van der Waals surface area contributed by atoms with Crippen LogP contribution in [-0.2, 0) is 30.6 Å². The Hall–Kier alpha value is -4.34. The summed E-state index contributed by atoms with van der Waals surface area (Å²) in [6, 6.07) is 11.6. The molecular formula is C30H28ClF4N9O2. The minimum Gasteiger partial charge on any atom is -0.473 e. The summed E-state index contributed by atoms with van der Waals surface area (Å²) in [6.07, 6.45) is -2.19. The highest BCUT2D eigenvalue weighted by atomic mass is 35.5. The number of ether oxygens (including phenoxy) is 2. The molecule has 16 heteroatoms. The molecule has 2 saturated heterocycles. The van der Waals surface area contributed by atoms with Crippen molar-refractivity contribution < 1.29 is 27.0 Å². The van der Waals surface area contributed by atoms with Crippen LogP contribution in [0.3, 0.4) is 0 Å². The van der Waals surface area contributed by atoms with Crippen molar-refractivity contribution in [2.75, 3.05) is 37.7 Å². The fourth-order valence-electron chi connectivity index (χ4n) is 5.43. The lowest BCUT2D eigenvalue weighted by molar-refractivity contribution is -0.144. The summed E-state index contributed by atoms with van der Waals surface area (Å²) in [6.45, 7) is 4.76. The van der Waals surface area contributed by atoms with Gasteiger partial charge in [0.15, 0.2) is 11.5 Å². The van der Waals surface area contributed by atoms with Gasteiger partial charge in [-0.2, -0.15) is 23.3 Å². The Kier molecular flexibility index (Phi) is 8.21. The molecule has 1 atom stereocenters. The molecule has 1 unspecified atom stereocenters. The predicted octanol–water partition coefficient (Wildman–Crippen LogP) is 5.11.